The molecule has 0 radical (unpaired) electrons. The van der Waals surface area contributed by atoms with Gasteiger partial charge < -0.3 is 14.9 Å². The second kappa shape index (κ2) is 10.1. The van der Waals surface area contributed by atoms with Crippen LogP contribution in [0.15, 0.2) is 40.1 Å². The lowest BCUT2D eigenvalue weighted by Crippen LogP contribution is -2.32. The summed E-state index contributed by atoms with van der Waals surface area (Å²) in [5.74, 6) is -0.959. The normalized spacial score (nSPS) is 11.8. The number of halogens is 2. The number of benzene rings is 1. The molecule has 1 unspecified atom stereocenters. The van der Waals surface area contributed by atoms with Gasteiger partial charge in [0.1, 0.15) is 0 Å². The molecule has 0 bridgehead atoms. The van der Waals surface area contributed by atoms with E-state index in [9.17, 15) is 14.0 Å². The first kappa shape index (κ1) is 21.0. The lowest BCUT2D eigenvalue weighted by molar-refractivity contribution is -0.0424. The predicted octanol–water partition coefficient (Wildman–Crippen LogP) is 1.42. The highest BCUT2D eigenvalue weighted by Gasteiger charge is 2.05. The van der Waals surface area contributed by atoms with Crippen LogP contribution in [0.2, 0.25) is 5.02 Å². The van der Waals surface area contributed by atoms with Crippen molar-refractivity contribution in [1.82, 2.24) is 9.55 Å². The quantitative estimate of drug-likeness (QED) is 0.687. The summed E-state index contributed by atoms with van der Waals surface area (Å²) in [6.45, 7) is 2.15. The molecule has 0 amide bonds. The number of aromatic amines is 1. The van der Waals surface area contributed by atoms with Gasteiger partial charge in [-0.1, -0.05) is 23.7 Å². The van der Waals surface area contributed by atoms with Crippen LogP contribution < -0.4 is 11.2 Å². The second-order valence-electron chi connectivity index (χ2n) is 5.19. The van der Waals surface area contributed by atoms with Crippen molar-refractivity contribution in [3.8, 4) is 0 Å². The molecule has 1 heterocycles. The fraction of sp³-hybridized carbons (Fsp3) is 0.375. The van der Waals surface area contributed by atoms with Crippen molar-refractivity contribution < 1.29 is 19.3 Å². The number of nitrogens with one attached hydrogen (secondary N) is 1. The number of aliphatic hydroxyl groups excluding tert-OH is 1. The maximum atomic E-state index is 12.8. The number of methoxy groups -OCH3 is 1. The summed E-state index contributed by atoms with van der Waals surface area (Å²) < 4.78 is 18.9. The highest BCUT2D eigenvalue weighted by molar-refractivity contribution is 6.30. The van der Waals surface area contributed by atoms with E-state index in [1.807, 2.05) is 11.9 Å². The van der Waals surface area contributed by atoms with Gasteiger partial charge in [-0.05, 0) is 25.5 Å². The number of hydrogen-bond donors (Lipinski definition) is 3. The number of aromatic nitrogens is 2. The Bertz CT molecular complexity index is 791. The standard InChI is InChI=1S/C9H13FN2O3.C7H7ClO2/c1-6(15-2)3-4-12-5-7(10)8(13)11-9(12)14;8-6-3-1-2-5(4-6)7(9)10/h5-6H,3-4H2,1-2H3,(H,11,13,14);1-4,7,9-10H. The number of H-pyrrole nitrogens is 1. The molecular weight excluding hydrogens is 355 g/mol. The van der Waals surface area contributed by atoms with E-state index in [1.165, 1.54) is 6.07 Å². The number of aliphatic hydroxyl groups is 2. The molecule has 1 atom stereocenters. The van der Waals surface area contributed by atoms with Crippen molar-refractivity contribution in [2.45, 2.75) is 32.3 Å². The summed E-state index contributed by atoms with van der Waals surface area (Å²) in [7, 11) is 1.56. The molecule has 138 valence electrons. The molecule has 3 N–H and O–H groups in total. The number of nitrogens with zero attached hydrogens (tertiary/aromatic N) is 1. The number of ether oxygens (including phenoxy) is 1. The zero-order chi connectivity index (χ0) is 19.0. The molecule has 0 spiro atoms. The Morgan fingerprint density at radius 2 is 2.04 bits per heavy atom. The fourth-order valence-corrected chi connectivity index (χ4v) is 1.95. The van der Waals surface area contributed by atoms with Gasteiger partial charge in [0.25, 0.3) is 5.56 Å². The molecule has 0 aliphatic heterocycles. The number of aryl methyl sites for hydroxylation is 1. The van der Waals surface area contributed by atoms with Crippen molar-refractivity contribution in [2.24, 2.45) is 0 Å². The number of rotatable bonds is 5. The van der Waals surface area contributed by atoms with Gasteiger partial charge in [0.15, 0.2) is 6.29 Å². The molecule has 0 saturated heterocycles. The van der Waals surface area contributed by atoms with Crippen LogP contribution in [-0.4, -0.2) is 33.0 Å². The summed E-state index contributed by atoms with van der Waals surface area (Å²) in [6.07, 6.45) is 0.0245. The van der Waals surface area contributed by atoms with Crippen molar-refractivity contribution in [3.05, 3.63) is 67.7 Å². The first-order valence-corrected chi connectivity index (χ1v) is 7.76. The summed E-state index contributed by atoms with van der Waals surface area (Å²) in [6, 6.07) is 6.44. The molecular formula is C16H20ClFN2O5. The summed E-state index contributed by atoms with van der Waals surface area (Å²) in [4.78, 5) is 23.8. The van der Waals surface area contributed by atoms with Crippen molar-refractivity contribution in [1.29, 1.82) is 0 Å². The Morgan fingerprint density at radius 3 is 2.56 bits per heavy atom. The second-order valence-corrected chi connectivity index (χ2v) is 5.63. The molecule has 0 aliphatic carbocycles. The van der Waals surface area contributed by atoms with Crippen LogP contribution in [-0.2, 0) is 11.3 Å². The minimum atomic E-state index is -1.43. The summed E-state index contributed by atoms with van der Waals surface area (Å²) in [5.41, 5.74) is -1.19. The average Bonchev–Trinajstić information content (AvgIpc) is 2.57. The van der Waals surface area contributed by atoms with E-state index in [1.54, 1.807) is 25.3 Å². The van der Waals surface area contributed by atoms with E-state index in [4.69, 9.17) is 26.6 Å². The van der Waals surface area contributed by atoms with Crippen LogP contribution in [0.4, 0.5) is 4.39 Å². The lowest BCUT2D eigenvalue weighted by atomic mass is 10.2. The molecule has 7 nitrogen and oxygen atoms in total. The van der Waals surface area contributed by atoms with Crippen LogP contribution in [0.25, 0.3) is 0 Å². The van der Waals surface area contributed by atoms with Crippen LogP contribution in [0.1, 0.15) is 25.2 Å². The van der Waals surface area contributed by atoms with Crippen LogP contribution in [0.5, 0.6) is 0 Å². The Labute approximate surface area is 148 Å². The Morgan fingerprint density at radius 1 is 1.36 bits per heavy atom. The Kier molecular flexibility index (Phi) is 8.50. The largest absolute Gasteiger partial charge is 0.382 e. The van der Waals surface area contributed by atoms with Crippen molar-refractivity contribution in [2.75, 3.05) is 7.11 Å². The van der Waals surface area contributed by atoms with E-state index in [0.717, 1.165) is 10.8 Å². The minimum Gasteiger partial charge on any atom is -0.382 e. The topological polar surface area (TPSA) is 105 Å². The van der Waals surface area contributed by atoms with Gasteiger partial charge >= 0.3 is 5.69 Å². The van der Waals surface area contributed by atoms with E-state index in [2.05, 4.69) is 0 Å². The average molecular weight is 375 g/mol. The van der Waals surface area contributed by atoms with Gasteiger partial charge in [-0.15, -0.1) is 0 Å². The van der Waals surface area contributed by atoms with E-state index >= 15 is 0 Å². The van der Waals surface area contributed by atoms with Gasteiger partial charge in [-0.25, -0.2) is 4.79 Å². The third-order valence-electron chi connectivity index (χ3n) is 3.29. The third-order valence-corrected chi connectivity index (χ3v) is 3.53. The molecule has 0 aliphatic rings. The highest BCUT2D eigenvalue weighted by Crippen LogP contribution is 2.14. The monoisotopic (exact) mass is 374 g/mol. The molecule has 0 saturated carbocycles. The third kappa shape index (κ3) is 7.18. The van der Waals surface area contributed by atoms with Crippen LogP contribution in [0.3, 0.4) is 0 Å². The molecule has 2 rings (SSSR count). The zero-order valence-corrected chi connectivity index (χ0v) is 14.5. The molecule has 1 aromatic heterocycles. The molecule has 0 fully saturated rings. The fourth-order valence-electron chi connectivity index (χ4n) is 1.75. The SMILES string of the molecule is COC(C)CCn1cc(F)c(=O)[nH]c1=O.OC(O)c1cccc(Cl)c1. The summed E-state index contributed by atoms with van der Waals surface area (Å²) >= 11 is 5.57. The smallest absolute Gasteiger partial charge is 0.328 e. The van der Waals surface area contributed by atoms with E-state index in [0.29, 0.717) is 23.6 Å². The lowest BCUT2D eigenvalue weighted by Gasteiger charge is -2.09. The van der Waals surface area contributed by atoms with Gasteiger partial charge in [0, 0.05) is 24.2 Å². The van der Waals surface area contributed by atoms with Gasteiger partial charge in [0.05, 0.1) is 12.3 Å². The Hall–Kier alpha value is -2.00. The van der Waals surface area contributed by atoms with Gasteiger partial charge in [0.2, 0.25) is 5.82 Å². The highest BCUT2D eigenvalue weighted by atomic mass is 35.5. The molecule has 2 aromatic rings. The van der Waals surface area contributed by atoms with Crippen LogP contribution >= 0.6 is 11.6 Å². The predicted molar refractivity (Wildman–Crippen MR) is 91.0 cm³/mol. The molecule has 9 heteroatoms. The first-order valence-electron chi connectivity index (χ1n) is 7.38. The summed E-state index contributed by atoms with van der Waals surface area (Å²) in [5, 5.41) is 17.8. The van der Waals surface area contributed by atoms with E-state index < -0.39 is 23.4 Å². The zero-order valence-electron chi connectivity index (χ0n) is 13.8. The maximum absolute atomic E-state index is 12.8. The van der Waals surface area contributed by atoms with Crippen molar-refractivity contribution in [3.63, 3.8) is 0 Å². The van der Waals surface area contributed by atoms with Crippen LogP contribution in [0, 0.1) is 5.82 Å². The molecule has 1 aromatic carbocycles. The Balaban J connectivity index is 0.000000271. The van der Waals surface area contributed by atoms with Gasteiger partial charge in [-0.3, -0.25) is 14.3 Å². The maximum Gasteiger partial charge on any atom is 0.328 e. The minimum absolute atomic E-state index is 0.0214. The van der Waals surface area contributed by atoms with Gasteiger partial charge in [-0.2, -0.15) is 4.39 Å². The number of hydrogen-bond acceptors (Lipinski definition) is 5. The first-order chi connectivity index (χ1) is 11.7. The van der Waals surface area contributed by atoms with Crippen molar-refractivity contribution >= 4 is 11.6 Å². The van der Waals surface area contributed by atoms with E-state index in [-0.39, 0.29) is 6.10 Å². The molecule has 25 heavy (non-hydrogen) atoms.